The van der Waals surface area contributed by atoms with E-state index in [-0.39, 0.29) is 21.6 Å². The van der Waals surface area contributed by atoms with Gasteiger partial charge < -0.3 is 10.2 Å². The van der Waals surface area contributed by atoms with E-state index in [1.807, 2.05) is 0 Å². The molecule has 6 nitrogen and oxygen atoms in total. The maximum Gasteiger partial charge on any atom is 0.256 e. The Morgan fingerprint density at radius 2 is 2.07 bits per heavy atom. The number of hydrogen-bond acceptors (Lipinski definition) is 5. The Labute approximate surface area is 182 Å². The average molecular weight is 452 g/mol. The van der Waals surface area contributed by atoms with E-state index in [4.69, 9.17) is 11.6 Å². The van der Waals surface area contributed by atoms with Crippen LogP contribution in [0.25, 0.3) is 0 Å². The summed E-state index contributed by atoms with van der Waals surface area (Å²) in [5, 5.41) is 2.84. The van der Waals surface area contributed by atoms with Crippen molar-refractivity contribution in [1.82, 2.24) is 20.1 Å². The van der Waals surface area contributed by atoms with Gasteiger partial charge in [0.1, 0.15) is 5.84 Å². The number of nitrogens with one attached hydrogen (secondary N) is 1. The normalized spacial score (nSPS) is 15.2. The number of nitrogens with zero attached hydrogens (tertiary/aromatic N) is 4. The lowest BCUT2D eigenvalue weighted by Crippen LogP contribution is -2.49. The summed E-state index contributed by atoms with van der Waals surface area (Å²) in [5.41, 5.74) is 0.652. The van der Waals surface area contributed by atoms with Crippen molar-refractivity contribution < 1.29 is 13.6 Å². The first-order valence-electron chi connectivity index (χ1n) is 9.10. The molecule has 30 heavy (non-hydrogen) atoms. The number of thiazole rings is 1. The van der Waals surface area contributed by atoms with Crippen molar-refractivity contribution in [3.05, 3.63) is 70.9 Å². The van der Waals surface area contributed by atoms with Crippen LogP contribution in [-0.2, 0) is 0 Å². The second kappa shape index (κ2) is 9.92. The number of carbonyl (C=O) groups excluding carboxylic acids is 1. The van der Waals surface area contributed by atoms with Crippen LogP contribution in [-0.4, -0.2) is 59.3 Å². The molecule has 0 spiro atoms. The topological polar surface area (TPSA) is 60.8 Å². The molecule has 1 aromatic carbocycles. The fraction of sp³-hybridized carbons (Fsp3) is 0.250. The minimum absolute atomic E-state index is 0.0208. The van der Waals surface area contributed by atoms with Gasteiger partial charge in [0.2, 0.25) is 5.13 Å². The molecule has 1 fully saturated rings. The van der Waals surface area contributed by atoms with Crippen LogP contribution in [0.3, 0.4) is 0 Å². The second-order valence-electron chi connectivity index (χ2n) is 6.55. The molecule has 2 heterocycles. The standard InChI is InChI=1S/C20H20ClF2N5OS/c1-3-17(26-20-24-11-16(22)30-20)25-13(2)12-27-7-9-28(10-8-27)19(29)14-5-4-6-15(21)18(14)23/h3-6,11H,1-2,7-10,12H2,(H,24,25,26). The molecule has 0 radical (unpaired) electrons. The highest BCUT2D eigenvalue weighted by atomic mass is 35.5. The molecule has 1 aromatic heterocycles. The van der Waals surface area contributed by atoms with Crippen molar-refractivity contribution in [2.45, 2.75) is 0 Å². The number of hydrogen-bond donors (Lipinski definition) is 1. The Morgan fingerprint density at radius 1 is 1.33 bits per heavy atom. The number of piperazine rings is 1. The van der Waals surface area contributed by atoms with Gasteiger partial charge in [-0.1, -0.05) is 42.2 Å². The number of amidine groups is 1. The van der Waals surface area contributed by atoms with Gasteiger partial charge in [0.25, 0.3) is 5.91 Å². The van der Waals surface area contributed by atoms with E-state index in [0.717, 1.165) is 17.5 Å². The number of rotatable bonds is 6. The Hall–Kier alpha value is -2.62. The second-order valence-corrected chi connectivity index (χ2v) is 7.91. The number of halogens is 3. The van der Waals surface area contributed by atoms with Crippen molar-refractivity contribution in [1.29, 1.82) is 0 Å². The van der Waals surface area contributed by atoms with Crippen LogP contribution in [0.15, 0.2) is 54.3 Å². The van der Waals surface area contributed by atoms with E-state index in [1.54, 1.807) is 11.0 Å². The number of benzene rings is 1. The first kappa shape index (κ1) is 22.1. The highest BCUT2D eigenvalue weighted by Crippen LogP contribution is 2.21. The number of carbonyl (C=O) groups is 1. The lowest BCUT2D eigenvalue weighted by atomic mass is 10.1. The summed E-state index contributed by atoms with van der Waals surface area (Å²) < 4.78 is 27.2. The zero-order valence-corrected chi connectivity index (χ0v) is 17.6. The number of amides is 1. The summed E-state index contributed by atoms with van der Waals surface area (Å²) >= 11 is 6.61. The molecule has 0 atom stereocenters. The van der Waals surface area contributed by atoms with E-state index in [2.05, 4.69) is 33.4 Å². The summed E-state index contributed by atoms with van der Waals surface area (Å²) in [4.78, 5) is 24.3. The van der Waals surface area contributed by atoms with Crippen molar-refractivity contribution >= 4 is 39.8 Å². The quantitative estimate of drug-likeness (QED) is 0.535. The van der Waals surface area contributed by atoms with E-state index in [9.17, 15) is 13.6 Å². The summed E-state index contributed by atoms with van der Waals surface area (Å²) in [6.45, 7) is 10.3. The van der Waals surface area contributed by atoms with Crippen LogP contribution in [0.1, 0.15) is 10.4 Å². The van der Waals surface area contributed by atoms with E-state index in [0.29, 0.717) is 44.3 Å². The van der Waals surface area contributed by atoms with Gasteiger partial charge in [-0.15, -0.1) is 0 Å². The molecule has 10 heteroatoms. The Balaban J connectivity index is 1.52. The first-order chi connectivity index (χ1) is 14.4. The van der Waals surface area contributed by atoms with E-state index >= 15 is 0 Å². The molecule has 0 saturated carbocycles. The highest BCUT2D eigenvalue weighted by Gasteiger charge is 2.25. The molecule has 1 aliphatic rings. The zero-order chi connectivity index (χ0) is 21.7. The largest absolute Gasteiger partial charge is 0.343 e. The van der Waals surface area contributed by atoms with Gasteiger partial charge in [0.15, 0.2) is 10.9 Å². The van der Waals surface area contributed by atoms with Gasteiger partial charge in [-0.3, -0.25) is 9.69 Å². The molecule has 158 valence electrons. The third-order valence-corrected chi connectivity index (χ3v) is 5.41. The molecule has 0 aliphatic carbocycles. The lowest BCUT2D eigenvalue weighted by molar-refractivity contribution is 0.0642. The summed E-state index contributed by atoms with van der Waals surface area (Å²) in [5.74, 6) is -0.650. The molecule has 1 N–H and O–H groups in total. The fourth-order valence-corrected chi connectivity index (χ4v) is 3.67. The summed E-state index contributed by atoms with van der Waals surface area (Å²) in [6.07, 6.45) is 2.61. The van der Waals surface area contributed by atoms with Crippen LogP contribution in [0.5, 0.6) is 0 Å². The van der Waals surface area contributed by atoms with Gasteiger partial charge in [-0.05, 0) is 18.2 Å². The van der Waals surface area contributed by atoms with Crippen molar-refractivity contribution in [2.24, 2.45) is 4.99 Å². The molecule has 2 aromatic rings. The van der Waals surface area contributed by atoms with Crippen molar-refractivity contribution in [3.63, 3.8) is 0 Å². The predicted molar refractivity (Wildman–Crippen MR) is 115 cm³/mol. The molecule has 3 rings (SSSR count). The monoisotopic (exact) mass is 451 g/mol. The van der Waals surface area contributed by atoms with E-state index < -0.39 is 10.9 Å². The maximum atomic E-state index is 14.1. The van der Waals surface area contributed by atoms with Crippen LogP contribution in [0.4, 0.5) is 13.9 Å². The number of aromatic nitrogens is 1. The molecule has 0 unspecified atom stereocenters. The molecule has 1 saturated heterocycles. The third-order valence-electron chi connectivity index (χ3n) is 4.44. The maximum absolute atomic E-state index is 14.1. The Bertz CT molecular complexity index is 985. The Kier molecular flexibility index (Phi) is 7.30. The average Bonchev–Trinajstić information content (AvgIpc) is 3.14. The molecule has 1 aliphatic heterocycles. The van der Waals surface area contributed by atoms with Gasteiger partial charge in [-0.25, -0.2) is 14.4 Å². The summed E-state index contributed by atoms with van der Waals surface area (Å²) in [6, 6.07) is 4.41. The molecular formula is C20H20ClF2N5OS. The third kappa shape index (κ3) is 5.50. The van der Waals surface area contributed by atoms with Gasteiger partial charge in [0, 0.05) is 38.4 Å². The van der Waals surface area contributed by atoms with Crippen LogP contribution < -0.4 is 5.32 Å². The molecule has 0 bridgehead atoms. The van der Waals surface area contributed by atoms with Crippen LogP contribution >= 0.6 is 22.9 Å². The smallest absolute Gasteiger partial charge is 0.256 e. The predicted octanol–water partition coefficient (Wildman–Crippen LogP) is 3.85. The van der Waals surface area contributed by atoms with Crippen LogP contribution in [0.2, 0.25) is 5.02 Å². The molecular weight excluding hydrogens is 432 g/mol. The zero-order valence-electron chi connectivity index (χ0n) is 16.1. The number of aliphatic imine (C=N–C) groups is 1. The van der Waals surface area contributed by atoms with Crippen molar-refractivity contribution in [2.75, 3.05) is 32.7 Å². The SMILES string of the molecule is C=C/C(=N/c1ncc(F)s1)NC(=C)CN1CCN(C(=O)c2cccc(Cl)c2F)CC1. The van der Waals surface area contributed by atoms with Gasteiger partial charge in [0.05, 0.1) is 16.8 Å². The minimum Gasteiger partial charge on any atom is -0.343 e. The van der Waals surface area contributed by atoms with Crippen LogP contribution in [0, 0.1) is 10.9 Å². The first-order valence-corrected chi connectivity index (χ1v) is 10.3. The van der Waals surface area contributed by atoms with Crippen molar-refractivity contribution in [3.8, 4) is 0 Å². The minimum atomic E-state index is -0.694. The van der Waals surface area contributed by atoms with Gasteiger partial charge >= 0.3 is 0 Å². The lowest BCUT2D eigenvalue weighted by Gasteiger charge is -2.35. The fourth-order valence-electron chi connectivity index (χ4n) is 2.96. The van der Waals surface area contributed by atoms with E-state index in [1.165, 1.54) is 18.2 Å². The molecule has 1 amide bonds. The van der Waals surface area contributed by atoms with Gasteiger partial charge in [-0.2, -0.15) is 4.39 Å². The highest BCUT2D eigenvalue weighted by molar-refractivity contribution is 7.13. The Morgan fingerprint density at radius 3 is 2.70 bits per heavy atom. The summed E-state index contributed by atoms with van der Waals surface area (Å²) in [7, 11) is 0.